The maximum Gasteiger partial charge on any atom is 0.259 e. The second-order valence-corrected chi connectivity index (χ2v) is 9.09. The second kappa shape index (κ2) is 7.59. The van der Waals surface area contributed by atoms with Gasteiger partial charge in [-0.25, -0.2) is 4.39 Å². The average molecular weight is 448 g/mol. The van der Waals surface area contributed by atoms with Gasteiger partial charge in [-0.15, -0.1) is 0 Å². The highest BCUT2D eigenvalue weighted by molar-refractivity contribution is 6.01. The number of aromatic nitrogens is 1. The number of benzene rings is 2. The van der Waals surface area contributed by atoms with Crippen molar-refractivity contribution in [2.75, 3.05) is 31.1 Å². The van der Waals surface area contributed by atoms with Crippen molar-refractivity contribution < 1.29 is 13.9 Å². The summed E-state index contributed by atoms with van der Waals surface area (Å²) in [4.78, 5) is 30.4. The van der Waals surface area contributed by atoms with Crippen LogP contribution in [0.15, 0.2) is 41.3 Å². The molecule has 1 amide bonds. The number of halogens is 1. The summed E-state index contributed by atoms with van der Waals surface area (Å²) in [6.45, 7) is 2.38. The van der Waals surface area contributed by atoms with E-state index in [4.69, 9.17) is 10.5 Å². The molecule has 0 saturated carbocycles. The van der Waals surface area contributed by atoms with Crippen LogP contribution in [0.3, 0.4) is 0 Å². The van der Waals surface area contributed by atoms with Gasteiger partial charge in [0.2, 0.25) is 5.43 Å². The van der Waals surface area contributed by atoms with Gasteiger partial charge < -0.3 is 24.8 Å². The van der Waals surface area contributed by atoms with Crippen molar-refractivity contribution in [3.05, 3.63) is 58.1 Å². The van der Waals surface area contributed by atoms with Gasteiger partial charge in [-0.3, -0.25) is 9.59 Å². The van der Waals surface area contributed by atoms with Crippen LogP contribution in [-0.2, 0) is 0 Å². The molecule has 4 heterocycles. The molecular formula is C25H25FN4O3. The van der Waals surface area contributed by atoms with Crippen molar-refractivity contribution in [2.45, 2.75) is 31.7 Å². The number of nitrogens with zero attached hydrogens (tertiary/aromatic N) is 3. The Morgan fingerprint density at radius 1 is 1.12 bits per heavy atom. The van der Waals surface area contributed by atoms with Crippen LogP contribution in [0.4, 0.5) is 10.1 Å². The molecular weight excluding hydrogens is 423 g/mol. The Morgan fingerprint density at radius 2 is 1.91 bits per heavy atom. The maximum absolute atomic E-state index is 15.5. The molecule has 170 valence electrons. The number of hydrogen-bond acceptors (Lipinski definition) is 5. The van der Waals surface area contributed by atoms with Gasteiger partial charge in [0.1, 0.15) is 16.8 Å². The topological polar surface area (TPSA) is 80.8 Å². The van der Waals surface area contributed by atoms with Crippen LogP contribution in [-0.4, -0.2) is 47.6 Å². The number of pyridine rings is 1. The molecule has 8 heteroatoms. The summed E-state index contributed by atoms with van der Waals surface area (Å²) in [5, 5.41) is 0.145. The number of nitrogens with two attached hydrogens (primary N) is 1. The fraction of sp³-hybridized carbons (Fsp3) is 0.360. The van der Waals surface area contributed by atoms with Gasteiger partial charge in [-0.1, -0.05) is 12.1 Å². The SMILES string of the molecule is NC1CCN(c2c(F)cc3c(=O)c(C(=O)N4CCCCC4)cn4c3c2Oc2ccccc2-4)C1. The normalized spacial score (nSPS) is 19.5. The summed E-state index contributed by atoms with van der Waals surface area (Å²) in [6, 6.07) is 8.59. The molecule has 6 rings (SSSR count). The average Bonchev–Trinajstić information content (AvgIpc) is 3.26. The summed E-state index contributed by atoms with van der Waals surface area (Å²) in [6.07, 6.45) is 5.27. The second-order valence-electron chi connectivity index (χ2n) is 9.09. The quantitative estimate of drug-likeness (QED) is 0.508. The minimum absolute atomic E-state index is 0.0464. The van der Waals surface area contributed by atoms with E-state index in [-0.39, 0.29) is 22.9 Å². The van der Waals surface area contributed by atoms with E-state index in [0.717, 1.165) is 25.7 Å². The largest absolute Gasteiger partial charge is 0.451 e. The molecule has 7 nitrogen and oxygen atoms in total. The smallest absolute Gasteiger partial charge is 0.259 e. The molecule has 0 bridgehead atoms. The maximum atomic E-state index is 15.5. The number of amides is 1. The number of piperidine rings is 1. The Bertz CT molecular complexity index is 1350. The number of rotatable bonds is 2. The molecule has 0 spiro atoms. The first kappa shape index (κ1) is 20.2. The predicted molar refractivity (Wildman–Crippen MR) is 124 cm³/mol. The third-order valence-corrected chi connectivity index (χ3v) is 6.92. The fourth-order valence-corrected chi connectivity index (χ4v) is 5.26. The monoisotopic (exact) mass is 448 g/mol. The first-order chi connectivity index (χ1) is 16.0. The zero-order valence-corrected chi connectivity index (χ0v) is 18.2. The number of fused-ring (bicyclic) bond motifs is 2. The Kier molecular flexibility index (Phi) is 4.65. The van der Waals surface area contributed by atoms with Crippen molar-refractivity contribution in [2.24, 2.45) is 5.73 Å². The molecule has 1 unspecified atom stereocenters. The minimum Gasteiger partial charge on any atom is -0.451 e. The lowest BCUT2D eigenvalue weighted by atomic mass is 10.0. The summed E-state index contributed by atoms with van der Waals surface area (Å²) < 4.78 is 23.5. The molecule has 2 saturated heterocycles. The van der Waals surface area contributed by atoms with E-state index in [1.165, 1.54) is 6.07 Å². The summed E-state index contributed by atoms with van der Waals surface area (Å²) in [7, 11) is 0. The number of likely N-dealkylation sites (tertiary alicyclic amines) is 1. The lowest BCUT2D eigenvalue weighted by molar-refractivity contribution is 0.0722. The first-order valence-corrected chi connectivity index (χ1v) is 11.5. The van der Waals surface area contributed by atoms with Crippen LogP contribution in [0.1, 0.15) is 36.0 Å². The van der Waals surface area contributed by atoms with E-state index >= 15 is 4.39 Å². The van der Waals surface area contributed by atoms with Crippen molar-refractivity contribution in [1.82, 2.24) is 9.47 Å². The Morgan fingerprint density at radius 3 is 2.67 bits per heavy atom. The van der Waals surface area contributed by atoms with E-state index in [1.54, 1.807) is 21.7 Å². The standard InChI is InChI=1S/C25H25FN4O3/c26-18-12-16-21-24(22(18)29-11-8-15(27)13-29)33-20-7-3-2-6-19(20)30(21)14-17(23(16)31)25(32)28-9-4-1-5-10-28/h2-3,6-7,12,14-15H,1,4-5,8-11,13,27H2. The fourth-order valence-electron chi connectivity index (χ4n) is 5.26. The van der Waals surface area contributed by atoms with E-state index < -0.39 is 11.2 Å². The van der Waals surface area contributed by atoms with Crippen LogP contribution >= 0.6 is 0 Å². The van der Waals surface area contributed by atoms with Gasteiger partial charge in [-0.2, -0.15) is 0 Å². The third kappa shape index (κ3) is 3.12. The van der Waals surface area contributed by atoms with Gasteiger partial charge in [0.15, 0.2) is 17.3 Å². The molecule has 0 radical (unpaired) electrons. The number of carbonyl (C=O) groups is 1. The van der Waals surface area contributed by atoms with Gasteiger partial charge >= 0.3 is 0 Å². The zero-order valence-electron chi connectivity index (χ0n) is 18.2. The number of anilines is 1. The van der Waals surface area contributed by atoms with Crippen LogP contribution < -0.4 is 20.8 Å². The lowest BCUT2D eigenvalue weighted by Crippen LogP contribution is -2.38. The van der Waals surface area contributed by atoms with Crippen molar-refractivity contribution in [3.63, 3.8) is 0 Å². The van der Waals surface area contributed by atoms with E-state index in [1.807, 2.05) is 23.1 Å². The molecule has 3 aliphatic rings. The molecule has 1 atom stereocenters. The van der Waals surface area contributed by atoms with Crippen molar-refractivity contribution in [3.8, 4) is 17.2 Å². The molecule has 3 aliphatic heterocycles. The van der Waals surface area contributed by atoms with Crippen LogP contribution in [0, 0.1) is 5.82 Å². The molecule has 2 fully saturated rings. The summed E-state index contributed by atoms with van der Waals surface area (Å²) in [5.74, 6) is -0.00314. The number of hydrogen-bond donors (Lipinski definition) is 1. The van der Waals surface area contributed by atoms with Crippen molar-refractivity contribution in [1.29, 1.82) is 0 Å². The van der Waals surface area contributed by atoms with E-state index in [9.17, 15) is 9.59 Å². The molecule has 33 heavy (non-hydrogen) atoms. The number of ether oxygens (including phenoxy) is 1. The Labute approximate surface area is 190 Å². The molecule has 1 aromatic heterocycles. The molecule has 3 aromatic rings. The summed E-state index contributed by atoms with van der Waals surface area (Å²) in [5.41, 5.74) is 7.17. The molecule has 0 aliphatic carbocycles. The molecule has 2 N–H and O–H groups in total. The Balaban J connectivity index is 1.62. The van der Waals surface area contributed by atoms with Gasteiger partial charge in [0.05, 0.1) is 11.1 Å². The van der Waals surface area contributed by atoms with Gasteiger partial charge in [0, 0.05) is 38.4 Å². The highest BCUT2D eigenvalue weighted by Gasteiger charge is 2.33. The Hall–Kier alpha value is -3.39. The van der Waals surface area contributed by atoms with Gasteiger partial charge in [-0.05, 0) is 43.9 Å². The first-order valence-electron chi connectivity index (χ1n) is 11.5. The lowest BCUT2D eigenvalue weighted by Gasteiger charge is -2.30. The highest BCUT2D eigenvalue weighted by Crippen LogP contribution is 2.47. The number of carbonyl (C=O) groups excluding carboxylic acids is 1. The summed E-state index contributed by atoms with van der Waals surface area (Å²) >= 11 is 0. The van der Waals surface area contributed by atoms with E-state index in [0.29, 0.717) is 54.6 Å². The predicted octanol–water partition coefficient (Wildman–Crippen LogP) is 3.40. The van der Waals surface area contributed by atoms with Crippen molar-refractivity contribution >= 4 is 22.5 Å². The number of para-hydroxylation sites is 2. The zero-order chi connectivity index (χ0) is 22.7. The third-order valence-electron chi connectivity index (χ3n) is 6.92. The molecule has 2 aromatic carbocycles. The van der Waals surface area contributed by atoms with Gasteiger partial charge in [0.25, 0.3) is 5.91 Å². The van der Waals surface area contributed by atoms with Crippen LogP contribution in [0.5, 0.6) is 11.5 Å². The minimum atomic E-state index is -0.544. The van der Waals surface area contributed by atoms with Crippen LogP contribution in [0.2, 0.25) is 0 Å². The van der Waals surface area contributed by atoms with E-state index in [2.05, 4.69) is 0 Å². The van der Waals surface area contributed by atoms with Crippen LogP contribution in [0.25, 0.3) is 16.6 Å². The highest BCUT2D eigenvalue weighted by atomic mass is 19.1.